The third-order valence-electron chi connectivity index (χ3n) is 5.91. The van der Waals surface area contributed by atoms with E-state index < -0.39 is 0 Å². The molecular formula is C18H36N2O. The van der Waals surface area contributed by atoms with Gasteiger partial charge in [0.05, 0.1) is 5.41 Å². The number of hydrogen-bond donors (Lipinski definition) is 1. The van der Waals surface area contributed by atoms with Crippen molar-refractivity contribution < 1.29 is 4.79 Å². The number of nitrogens with two attached hydrogens (primary N) is 1. The van der Waals surface area contributed by atoms with Gasteiger partial charge in [-0.3, -0.25) is 4.79 Å². The van der Waals surface area contributed by atoms with Gasteiger partial charge in [-0.05, 0) is 31.1 Å². The lowest BCUT2D eigenvalue weighted by atomic mass is 9.72. The van der Waals surface area contributed by atoms with Gasteiger partial charge in [0.1, 0.15) is 0 Å². The van der Waals surface area contributed by atoms with E-state index in [1.807, 2.05) is 0 Å². The Balaban J connectivity index is 2.78. The molecule has 1 aliphatic heterocycles. The lowest BCUT2D eigenvalue weighted by molar-refractivity contribution is -0.145. The van der Waals surface area contributed by atoms with Gasteiger partial charge in [-0.15, -0.1) is 0 Å². The Morgan fingerprint density at radius 1 is 1.05 bits per heavy atom. The molecule has 1 fully saturated rings. The Labute approximate surface area is 131 Å². The summed E-state index contributed by atoms with van der Waals surface area (Å²) >= 11 is 0. The van der Waals surface area contributed by atoms with Crippen molar-refractivity contribution in [3.8, 4) is 0 Å². The fourth-order valence-electron chi connectivity index (χ4n) is 4.06. The van der Waals surface area contributed by atoms with Crippen LogP contribution < -0.4 is 5.73 Å². The first-order chi connectivity index (χ1) is 10.0. The number of carbonyl (C=O) groups is 1. The summed E-state index contributed by atoms with van der Waals surface area (Å²) in [6.45, 7) is 11.2. The Kier molecular flexibility index (Phi) is 7.19. The van der Waals surface area contributed by atoms with E-state index in [9.17, 15) is 4.79 Å². The van der Waals surface area contributed by atoms with Crippen LogP contribution in [-0.4, -0.2) is 30.4 Å². The van der Waals surface area contributed by atoms with Crippen LogP contribution in [0.4, 0.5) is 0 Å². The number of likely N-dealkylation sites (tertiary alicyclic amines) is 1. The summed E-state index contributed by atoms with van der Waals surface area (Å²) in [7, 11) is 0. The third kappa shape index (κ3) is 4.00. The lowest BCUT2D eigenvalue weighted by Crippen LogP contribution is -2.52. The summed E-state index contributed by atoms with van der Waals surface area (Å²) in [4.78, 5) is 15.2. The number of carbonyl (C=O) groups excluding carboxylic acids is 1. The van der Waals surface area contributed by atoms with E-state index in [0.29, 0.717) is 17.9 Å². The third-order valence-corrected chi connectivity index (χ3v) is 5.91. The van der Waals surface area contributed by atoms with E-state index in [1.54, 1.807) is 0 Å². The first kappa shape index (κ1) is 18.5. The Hall–Kier alpha value is -0.570. The number of amides is 1. The molecule has 0 radical (unpaired) electrons. The van der Waals surface area contributed by atoms with Crippen molar-refractivity contribution in [1.29, 1.82) is 0 Å². The second-order valence-electron chi connectivity index (χ2n) is 6.98. The van der Waals surface area contributed by atoms with Gasteiger partial charge in [0.25, 0.3) is 0 Å². The van der Waals surface area contributed by atoms with Crippen LogP contribution in [0.5, 0.6) is 0 Å². The molecule has 0 unspecified atom stereocenters. The summed E-state index contributed by atoms with van der Waals surface area (Å²) in [5.41, 5.74) is 6.21. The minimum absolute atomic E-state index is 0.304. The van der Waals surface area contributed by atoms with E-state index in [-0.39, 0.29) is 5.41 Å². The average Bonchev–Trinajstić information content (AvgIpc) is 2.54. The predicted molar refractivity (Wildman–Crippen MR) is 90.1 cm³/mol. The minimum atomic E-state index is -0.304. The first-order valence-electron chi connectivity index (χ1n) is 9.02. The molecule has 1 amide bonds. The van der Waals surface area contributed by atoms with Crippen LogP contribution >= 0.6 is 0 Å². The summed E-state index contributed by atoms with van der Waals surface area (Å²) in [6, 6.07) is 0. The van der Waals surface area contributed by atoms with Crippen LogP contribution in [-0.2, 0) is 4.79 Å². The maximum Gasteiger partial charge on any atom is 0.230 e. The summed E-state index contributed by atoms with van der Waals surface area (Å²) in [5, 5.41) is 0. The molecule has 2 N–H and O–H groups in total. The molecule has 1 aliphatic rings. The highest BCUT2D eigenvalue weighted by atomic mass is 16.2. The number of rotatable bonds is 8. The zero-order chi connectivity index (χ0) is 15.9. The van der Waals surface area contributed by atoms with Crippen LogP contribution in [0.3, 0.4) is 0 Å². The van der Waals surface area contributed by atoms with Crippen molar-refractivity contribution in [2.24, 2.45) is 16.6 Å². The van der Waals surface area contributed by atoms with Gasteiger partial charge in [0.15, 0.2) is 0 Å². The maximum absolute atomic E-state index is 13.1. The van der Waals surface area contributed by atoms with E-state index in [1.165, 1.54) is 12.8 Å². The van der Waals surface area contributed by atoms with Crippen molar-refractivity contribution in [1.82, 2.24) is 4.90 Å². The smallest absolute Gasteiger partial charge is 0.230 e. The fourth-order valence-corrected chi connectivity index (χ4v) is 4.06. The van der Waals surface area contributed by atoms with Crippen molar-refractivity contribution in [2.45, 2.75) is 79.1 Å². The first-order valence-corrected chi connectivity index (χ1v) is 9.02. The predicted octanol–water partition coefficient (Wildman–Crippen LogP) is 3.96. The van der Waals surface area contributed by atoms with E-state index in [0.717, 1.165) is 51.6 Å². The normalized spacial score (nSPS) is 18.8. The minimum Gasteiger partial charge on any atom is -0.342 e. The standard InChI is InChI=1S/C18H36N2O/c1-5-9-18(15-19,10-6-2)16(21)20-13-11-17(7-3,8-4)12-14-20/h5-15,19H2,1-4H3. The number of hydrogen-bond acceptors (Lipinski definition) is 2. The molecule has 21 heavy (non-hydrogen) atoms. The molecule has 124 valence electrons. The van der Waals surface area contributed by atoms with Gasteiger partial charge in [0, 0.05) is 19.6 Å². The Morgan fingerprint density at radius 3 is 1.86 bits per heavy atom. The molecule has 0 atom stereocenters. The van der Waals surface area contributed by atoms with Crippen molar-refractivity contribution in [3.63, 3.8) is 0 Å². The van der Waals surface area contributed by atoms with Crippen LogP contribution in [0.15, 0.2) is 0 Å². The average molecular weight is 296 g/mol. The van der Waals surface area contributed by atoms with E-state index >= 15 is 0 Å². The molecule has 0 aromatic heterocycles. The molecule has 0 aromatic carbocycles. The zero-order valence-corrected chi connectivity index (χ0v) is 14.7. The monoisotopic (exact) mass is 296 g/mol. The largest absolute Gasteiger partial charge is 0.342 e. The molecule has 3 nitrogen and oxygen atoms in total. The van der Waals surface area contributed by atoms with E-state index in [2.05, 4.69) is 32.6 Å². The summed E-state index contributed by atoms with van der Waals surface area (Å²) in [6.07, 6.45) is 8.71. The van der Waals surface area contributed by atoms with Gasteiger partial charge in [0.2, 0.25) is 5.91 Å². The second kappa shape index (κ2) is 8.17. The molecule has 0 saturated carbocycles. The van der Waals surface area contributed by atoms with Crippen molar-refractivity contribution >= 4 is 5.91 Å². The summed E-state index contributed by atoms with van der Waals surface area (Å²) < 4.78 is 0. The van der Waals surface area contributed by atoms with Gasteiger partial charge in [-0.1, -0.05) is 53.4 Å². The second-order valence-corrected chi connectivity index (χ2v) is 6.98. The fraction of sp³-hybridized carbons (Fsp3) is 0.944. The zero-order valence-electron chi connectivity index (χ0n) is 14.7. The topological polar surface area (TPSA) is 46.3 Å². The molecule has 0 bridgehead atoms. The molecular weight excluding hydrogens is 260 g/mol. The van der Waals surface area contributed by atoms with Crippen LogP contribution in [0.2, 0.25) is 0 Å². The number of nitrogens with zero attached hydrogens (tertiary/aromatic N) is 1. The Morgan fingerprint density at radius 2 is 1.52 bits per heavy atom. The van der Waals surface area contributed by atoms with Crippen LogP contribution in [0, 0.1) is 10.8 Å². The molecule has 1 rings (SSSR count). The van der Waals surface area contributed by atoms with Crippen molar-refractivity contribution in [2.75, 3.05) is 19.6 Å². The number of piperidine rings is 1. The SMILES string of the molecule is CCCC(CN)(CCC)C(=O)N1CCC(CC)(CC)CC1. The molecule has 0 aliphatic carbocycles. The van der Waals surface area contributed by atoms with Gasteiger partial charge in [-0.2, -0.15) is 0 Å². The van der Waals surface area contributed by atoms with Crippen LogP contribution in [0.1, 0.15) is 79.1 Å². The lowest BCUT2D eigenvalue weighted by Gasteiger charge is -2.44. The molecule has 1 heterocycles. The van der Waals surface area contributed by atoms with E-state index in [4.69, 9.17) is 5.73 Å². The van der Waals surface area contributed by atoms with Crippen molar-refractivity contribution in [3.05, 3.63) is 0 Å². The van der Waals surface area contributed by atoms with Gasteiger partial charge in [-0.25, -0.2) is 0 Å². The van der Waals surface area contributed by atoms with Gasteiger partial charge < -0.3 is 10.6 Å². The molecule has 0 spiro atoms. The molecule has 1 saturated heterocycles. The van der Waals surface area contributed by atoms with Crippen LogP contribution in [0.25, 0.3) is 0 Å². The quantitative estimate of drug-likeness (QED) is 0.737. The highest BCUT2D eigenvalue weighted by molar-refractivity contribution is 5.83. The highest BCUT2D eigenvalue weighted by Crippen LogP contribution is 2.40. The highest BCUT2D eigenvalue weighted by Gasteiger charge is 2.41. The summed E-state index contributed by atoms with van der Waals surface area (Å²) in [5.74, 6) is 0.328. The molecule has 0 aromatic rings. The molecule has 3 heteroatoms. The van der Waals surface area contributed by atoms with Gasteiger partial charge >= 0.3 is 0 Å². The maximum atomic E-state index is 13.1. The Bertz CT molecular complexity index is 307.